The molecule has 4 aliphatic carbocycles. The average molecular weight is 455 g/mol. The summed E-state index contributed by atoms with van der Waals surface area (Å²) in [4.78, 5) is 12.9. The lowest BCUT2D eigenvalue weighted by Gasteiger charge is -2.54. The molecule has 5 rings (SSSR count). The molecule has 4 fully saturated rings. The number of rotatable bonds is 10. The molecule has 0 heterocycles. The van der Waals surface area contributed by atoms with Gasteiger partial charge in [-0.05, 0) is 112 Å². The van der Waals surface area contributed by atoms with Crippen LogP contribution in [0.2, 0.25) is 5.02 Å². The highest BCUT2D eigenvalue weighted by molar-refractivity contribution is 6.33. The van der Waals surface area contributed by atoms with Crippen LogP contribution in [0.5, 0.6) is 0 Å². The maximum absolute atomic E-state index is 12.9. The van der Waals surface area contributed by atoms with Crippen molar-refractivity contribution < 1.29 is 9.90 Å². The number of aryl methyl sites for hydroxylation is 1. The minimum Gasteiger partial charge on any atom is -0.396 e. The lowest BCUT2D eigenvalue weighted by atomic mass is 9.52. The summed E-state index contributed by atoms with van der Waals surface area (Å²) in [6.07, 6.45) is 9.71. The maximum atomic E-state index is 12.9. The SMILES string of the molecule is Cl.O=C(NCC1C2CC3CC(C2)CC1C3)c1cc(CCCNCCCO)ccc1Cl. The Hall–Kier alpha value is -0.810. The summed E-state index contributed by atoms with van der Waals surface area (Å²) in [5, 5.41) is 15.9. The first-order valence-electron chi connectivity index (χ1n) is 11.5. The number of nitrogens with one attached hydrogen (secondary N) is 2. The molecule has 0 radical (unpaired) electrons. The van der Waals surface area contributed by atoms with Crippen LogP contribution < -0.4 is 10.6 Å². The lowest BCUT2D eigenvalue weighted by molar-refractivity contribution is -0.0347. The summed E-state index contributed by atoms with van der Waals surface area (Å²) < 4.78 is 0. The number of amides is 1. The quantitative estimate of drug-likeness (QED) is 0.457. The molecule has 4 aliphatic rings. The van der Waals surface area contributed by atoms with Crippen LogP contribution in [-0.4, -0.2) is 37.3 Å². The van der Waals surface area contributed by atoms with E-state index < -0.39 is 0 Å². The van der Waals surface area contributed by atoms with Crippen molar-refractivity contribution in [3.63, 3.8) is 0 Å². The molecule has 30 heavy (non-hydrogen) atoms. The van der Waals surface area contributed by atoms with Crippen molar-refractivity contribution in [1.82, 2.24) is 10.6 Å². The normalized spacial score (nSPS) is 28.9. The van der Waals surface area contributed by atoms with Gasteiger partial charge >= 0.3 is 0 Å². The molecular weight excluding hydrogens is 419 g/mol. The molecule has 3 N–H and O–H groups in total. The predicted molar refractivity (Wildman–Crippen MR) is 124 cm³/mol. The number of carbonyl (C=O) groups is 1. The van der Waals surface area contributed by atoms with Crippen molar-refractivity contribution in [1.29, 1.82) is 0 Å². The van der Waals surface area contributed by atoms with E-state index in [1.54, 1.807) is 0 Å². The summed E-state index contributed by atoms with van der Waals surface area (Å²) >= 11 is 6.35. The fourth-order valence-electron chi connectivity index (χ4n) is 6.33. The largest absolute Gasteiger partial charge is 0.396 e. The Morgan fingerprint density at radius 3 is 2.37 bits per heavy atom. The summed E-state index contributed by atoms with van der Waals surface area (Å²) in [6.45, 7) is 2.79. The highest BCUT2D eigenvalue weighted by Crippen LogP contribution is 2.56. The van der Waals surface area contributed by atoms with E-state index in [2.05, 4.69) is 10.6 Å². The van der Waals surface area contributed by atoms with Crippen molar-refractivity contribution in [2.75, 3.05) is 26.2 Å². The van der Waals surface area contributed by atoms with E-state index in [0.717, 1.165) is 68.1 Å². The Kier molecular flexibility index (Phi) is 8.88. The van der Waals surface area contributed by atoms with Crippen molar-refractivity contribution in [2.24, 2.45) is 29.6 Å². The molecule has 168 valence electrons. The summed E-state index contributed by atoms with van der Waals surface area (Å²) in [6, 6.07) is 5.83. The second-order valence-corrected chi connectivity index (χ2v) is 9.96. The fraction of sp³-hybridized carbons (Fsp3) is 0.708. The molecule has 0 unspecified atom stereocenters. The van der Waals surface area contributed by atoms with Crippen molar-refractivity contribution >= 4 is 29.9 Å². The van der Waals surface area contributed by atoms with Crippen LogP contribution in [0.4, 0.5) is 0 Å². The molecule has 0 atom stereocenters. The third kappa shape index (κ3) is 5.70. The molecule has 0 aliphatic heterocycles. The van der Waals surface area contributed by atoms with Gasteiger partial charge in [0, 0.05) is 13.2 Å². The van der Waals surface area contributed by atoms with Crippen molar-refractivity contribution in [3.05, 3.63) is 34.3 Å². The number of hydrogen-bond donors (Lipinski definition) is 3. The average Bonchev–Trinajstić information content (AvgIpc) is 2.70. The van der Waals surface area contributed by atoms with E-state index in [9.17, 15) is 4.79 Å². The molecule has 1 aromatic carbocycles. The van der Waals surface area contributed by atoms with Gasteiger partial charge in [0.2, 0.25) is 0 Å². The van der Waals surface area contributed by atoms with Gasteiger partial charge in [0.25, 0.3) is 5.91 Å². The van der Waals surface area contributed by atoms with Crippen LogP contribution in [0.3, 0.4) is 0 Å². The second kappa shape index (κ2) is 11.2. The Labute approximate surface area is 191 Å². The van der Waals surface area contributed by atoms with Gasteiger partial charge in [-0.25, -0.2) is 0 Å². The molecule has 4 nitrogen and oxygen atoms in total. The highest BCUT2D eigenvalue weighted by Gasteiger charge is 2.47. The van der Waals surface area contributed by atoms with Gasteiger partial charge in [-0.2, -0.15) is 0 Å². The Balaban J connectivity index is 0.00000256. The van der Waals surface area contributed by atoms with Gasteiger partial charge in [0.15, 0.2) is 0 Å². The number of carbonyl (C=O) groups excluding carboxylic acids is 1. The number of hydrogen-bond acceptors (Lipinski definition) is 3. The molecule has 6 heteroatoms. The first-order valence-corrected chi connectivity index (χ1v) is 11.9. The Bertz CT molecular complexity index is 684. The van der Waals surface area contributed by atoms with Gasteiger partial charge in [-0.3, -0.25) is 4.79 Å². The molecule has 4 bridgehead atoms. The maximum Gasteiger partial charge on any atom is 0.252 e. The van der Waals surface area contributed by atoms with Gasteiger partial charge in [0.05, 0.1) is 10.6 Å². The van der Waals surface area contributed by atoms with Crippen LogP contribution in [0.15, 0.2) is 18.2 Å². The number of aliphatic hydroxyl groups is 1. The number of aliphatic hydroxyl groups excluding tert-OH is 1. The van der Waals surface area contributed by atoms with E-state index in [4.69, 9.17) is 16.7 Å². The van der Waals surface area contributed by atoms with Crippen LogP contribution in [0.1, 0.15) is 60.9 Å². The van der Waals surface area contributed by atoms with E-state index in [0.29, 0.717) is 16.5 Å². The van der Waals surface area contributed by atoms with Crippen LogP contribution in [0.25, 0.3) is 0 Å². The molecule has 0 aromatic heterocycles. The third-order valence-corrected chi connectivity index (χ3v) is 7.86. The van der Waals surface area contributed by atoms with Crippen molar-refractivity contribution in [3.8, 4) is 0 Å². The minimum absolute atomic E-state index is 0. The summed E-state index contributed by atoms with van der Waals surface area (Å²) in [5.74, 6) is 4.23. The zero-order valence-corrected chi connectivity index (χ0v) is 19.3. The monoisotopic (exact) mass is 454 g/mol. The predicted octanol–water partition coefficient (Wildman–Crippen LogP) is 4.47. The van der Waals surface area contributed by atoms with Gasteiger partial charge in [-0.1, -0.05) is 17.7 Å². The first kappa shape index (κ1) is 23.8. The third-order valence-electron chi connectivity index (χ3n) is 7.53. The van der Waals surface area contributed by atoms with Crippen LogP contribution in [-0.2, 0) is 6.42 Å². The van der Waals surface area contributed by atoms with Gasteiger partial charge in [-0.15, -0.1) is 12.4 Å². The molecule has 0 saturated heterocycles. The van der Waals surface area contributed by atoms with Crippen molar-refractivity contribution in [2.45, 2.75) is 51.4 Å². The van der Waals surface area contributed by atoms with Crippen LogP contribution in [0, 0.1) is 29.6 Å². The first-order chi connectivity index (χ1) is 14.1. The fourth-order valence-corrected chi connectivity index (χ4v) is 6.53. The molecule has 1 aromatic rings. The van der Waals surface area contributed by atoms with Gasteiger partial charge < -0.3 is 15.7 Å². The lowest BCUT2D eigenvalue weighted by Crippen LogP contribution is -2.49. The Morgan fingerprint density at radius 2 is 1.70 bits per heavy atom. The zero-order valence-electron chi connectivity index (χ0n) is 17.7. The van der Waals surface area contributed by atoms with E-state index in [1.165, 1.54) is 32.1 Å². The standard InChI is InChI=1S/C24H35ClN2O2.ClH/c25-23-5-4-16(3-1-6-26-7-2-8-28)14-21(23)24(29)27-15-22-19-10-17-9-18(12-19)13-20(22)11-17;/h4-5,14,17-20,22,26,28H,1-3,6-13,15H2,(H,27,29);1H. The van der Waals surface area contributed by atoms with Gasteiger partial charge in [0.1, 0.15) is 0 Å². The molecule has 1 amide bonds. The van der Waals surface area contributed by atoms with E-state index in [1.807, 2.05) is 18.2 Å². The zero-order chi connectivity index (χ0) is 20.2. The topological polar surface area (TPSA) is 61.4 Å². The summed E-state index contributed by atoms with van der Waals surface area (Å²) in [7, 11) is 0. The summed E-state index contributed by atoms with van der Waals surface area (Å²) in [5.41, 5.74) is 1.76. The molecule has 0 spiro atoms. The second-order valence-electron chi connectivity index (χ2n) is 9.55. The molecule has 4 saturated carbocycles. The van der Waals surface area contributed by atoms with Crippen LogP contribution >= 0.6 is 24.0 Å². The smallest absolute Gasteiger partial charge is 0.252 e. The Morgan fingerprint density at radius 1 is 1.03 bits per heavy atom. The number of benzene rings is 1. The highest BCUT2D eigenvalue weighted by atomic mass is 35.5. The van der Waals surface area contributed by atoms with E-state index in [-0.39, 0.29) is 24.9 Å². The minimum atomic E-state index is -0.0215. The molecular formula is C24H36Cl2N2O2. The number of halogens is 2. The van der Waals surface area contributed by atoms with E-state index >= 15 is 0 Å².